The molecular formula is C42H81NO7P+. The second kappa shape index (κ2) is 35.6. The van der Waals surface area contributed by atoms with E-state index in [0.717, 1.165) is 57.8 Å². The van der Waals surface area contributed by atoms with Gasteiger partial charge in [0.05, 0.1) is 34.0 Å². The molecule has 0 aliphatic rings. The molecule has 51 heavy (non-hydrogen) atoms. The molecule has 9 heteroatoms. The molecule has 0 aromatic rings. The number of phosphoric ester groups is 1. The average molecular weight is 743 g/mol. The zero-order chi connectivity index (χ0) is 37.7. The van der Waals surface area contributed by atoms with Crippen molar-refractivity contribution in [2.75, 3.05) is 47.5 Å². The van der Waals surface area contributed by atoms with Crippen LogP contribution >= 0.6 is 7.82 Å². The molecule has 300 valence electrons. The van der Waals surface area contributed by atoms with Crippen molar-refractivity contribution in [1.29, 1.82) is 0 Å². The fourth-order valence-corrected chi connectivity index (χ4v) is 6.23. The van der Waals surface area contributed by atoms with E-state index in [-0.39, 0.29) is 25.8 Å². The second-order valence-electron chi connectivity index (χ2n) is 15.1. The first-order valence-corrected chi connectivity index (χ1v) is 22.3. The van der Waals surface area contributed by atoms with Crippen LogP contribution in [0.15, 0.2) is 36.6 Å². The summed E-state index contributed by atoms with van der Waals surface area (Å²) in [5.41, 5.74) is 0. The Morgan fingerprint density at radius 2 is 1.10 bits per heavy atom. The number of allylic oxidation sites excluding steroid dienone is 5. The third-order valence-corrected chi connectivity index (χ3v) is 9.75. The number of rotatable bonds is 38. The van der Waals surface area contributed by atoms with Gasteiger partial charge >= 0.3 is 13.8 Å². The van der Waals surface area contributed by atoms with E-state index in [1.807, 2.05) is 27.2 Å². The lowest BCUT2D eigenvalue weighted by Crippen LogP contribution is -2.37. The van der Waals surface area contributed by atoms with Crippen molar-refractivity contribution in [3.63, 3.8) is 0 Å². The van der Waals surface area contributed by atoms with Crippen LogP contribution in [0.4, 0.5) is 0 Å². The number of phosphoric acid groups is 1. The SMILES string of the molecule is CCCCCC=CCC=CCCCCCCCC(=O)O[C@H](COC=CCCCCCCCCCCCCCC)COP(=O)(O)OCC[N+](C)(C)C. The van der Waals surface area contributed by atoms with E-state index in [0.29, 0.717) is 17.4 Å². The highest BCUT2D eigenvalue weighted by molar-refractivity contribution is 7.47. The Bertz CT molecular complexity index is 915. The largest absolute Gasteiger partial charge is 0.498 e. The normalized spacial score (nSPS) is 14.2. The van der Waals surface area contributed by atoms with Crippen molar-refractivity contribution in [1.82, 2.24) is 0 Å². The molecule has 0 aliphatic heterocycles. The summed E-state index contributed by atoms with van der Waals surface area (Å²) in [5, 5.41) is 0. The molecule has 0 spiro atoms. The maximum absolute atomic E-state index is 12.6. The average Bonchev–Trinajstić information content (AvgIpc) is 3.08. The molecule has 0 heterocycles. The van der Waals surface area contributed by atoms with E-state index in [1.54, 1.807) is 6.26 Å². The number of quaternary nitrogens is 1. The van der Waals surface area contributed by atoms with Gasteiger partial charge in [0.25, 0.3) is 0 Å². The first kappa shape index (κ1) is 49.6. The van der Waals surface area contributed by atoms with Crippen LogP contribution in [-0.2, 0) is 27.9 Å². The van der Waals surface area contributed by atoms with Crippen molar-refractivity contribution in [2.24, 2.45) is 0 Å². The predicted molar refractivity (Wildman–Crippen MR) is 215 cm³/mol. The fourth-order valence-electron chi connectivity index (χ4n) is 5.49. The lowest BCUT2D eigenvalue weighted by Gasteiger charge is -2.24. The Kier molecular flexibility index (Phi) is 34.6. The van der Waals surface area contributed by atoms with Crippen LogP contribution in [0.5, 0.6) is 0 Å². The lowest BCUT2D eigenvalue weighted by atomic mass is 10.0. The molecule has 0 aliphatic carbocycles. The number of likely N-dealkylation sites (N-methyl/N-ethyl adjacent to an activating group) is 1. The minimum Gasteiger partial charge on any atom is -0.498 e. The summed E-state index contributed by atoms with van der Waals surface area (Å²) < 4.78 is 34.7. The molecular weight excluding hydrogens is 661 g/mol. The van der Waals surface area contributed by atoms with Crippen molar-refractivity contribution in [3.05, 3.63) is 36.6 Å². The number of unbranched alkanes of at least 4 members (excludes halogenated alkanes) is 20. The van der Waals surface area contributed by atoms with E-state index in [2.05, 4.69) is 38.2 Å². The monoisotopic (exact) mass is 743 g/mol. The molecule has 0 amide bonds. The van der Waals surface area contributed by atoms with E-state index >= 15 is 0 Å². The zero-order valence-electron chi connectivity index (χ0n) is 33.8. The van der Waals surface area contributed by atoms with Crippen LogP contribution in [0, 0.1) is 0 Å². The molecule has 1 N–H and O–H groups in total. The molecule has 0 bridgehead atoms. The quantitative estimate of drug-likeness (QED) is 0.0168. The van der Waals surface area contributed by atoms with E-state index in [4.69, 9.17) is 18.5 Å². The van der Waals surface area contributed by atoms with Crippen LogP contribution in [-0.4, -0.2) is 69.0 Å². The summed E-state index contributed by atoms with van der Waals surface area (Å²) in [5.74, 6) is -0.350. The zero-order valence-corrected chi connectivity index (χ0v) is 34.7. The van der Waals surface area contributed by atoms with Gasteiger partial charge in [-0.1, -0.05) is 141 Å². The molecule has 1 unspecified atom stereocenters. The number of hydrogen-bond acceptors (Lipinski definition) is 6. The minimum atomic E-state index is -4.29. The maximum atomic E-state index is 12.6. The van der Waals surface area contributed by atoms with Crippen molar-refractivity contribution < 1.29 is 37.3 Å². The highest BCUT2D eigenvalue weighted by Crippen LogP contribution is 2.43. The Labute approximate surface area is 315 Å². The summed E-state index contributed by atoms with van der Waals surface area (Å²) in [6, 6.07) is 0. The van der Waals surface area contributed by atoms with Gasteiger partial charge in [0.1, 0.15) is 19.8 Å². The fraction of sp³-hybridized carbons (Fsp3) is 0.833. The van der Waals surface area contributed by atoms with Gasteiger partial charge in [-0.25, -0.2) is 4.57 Å². The van der Waals surface area contributed by atoms with Gasteiger partial charge in [-0.15, -0.1) is 0 Å². The molecule has 0 aromatic carbocycles. The van der Waals surface area contributed by atoms with Crippen LogP contribution in [0.3, 0.4) is 0 Å². The summed E-state index contributed by atoms with van der Waals surface area (Å²) in [6.45, 7) is 4.89. The van der Waals surface area contributed by atoms with Gasteiger partial charge in [-0.2, -0.15) is 0 Å². The number of hydrogen-bond donors (Lipinski definition) is 1. The Balaban J connectivity index is 4.35. The van der Waals surface area contributed by atoms with E-state index < -0.39 is 13.9 Å². The summed E-state index contributed by atoms with van der Waals surface area (Å²) in [7, 11) is 1.63. The van der Waals surface area contributed by atoms with Gasteiger partial charge in [-0.3, -0.25) is 13.8 Å². The smallest absolute Gasteiger partial charge is 0.472 e. The second-order valence-corrected chi connectivity index (χ2v) is 16.5. The molecule has 0 aromatic heterocycles. The first-order chi connectivity index (χ1) is 24.6. The van der Waals surface area contributed by atoms with Crippen LogP contribution in [0.25, 0.3) is 0 Å². The predicted octanol–water partition coefficient (Wildman–Crippen LogP) is 12.2. The molecule has 0 fully saturated rings. The number of carbonyl (C=O) groups excluding carboxylic acids is 1. The summed E-state index contributed by atoms with van der Waals surface area (Å²) in [4.78, 5) is 22.8. The molecule has 0 saturated heterocycles. The van der Waals surface area contributed by atoms with Crippen molar-refractivity contribution in [3.8, 4) is 0 Å². The third kappa shape index (κ3) is 39.6. The van der Waals surface area contributed by atoms with Gasteiger partial charge in [-0.05, 0) is 57.4 Å². The molecule has 0 saturated carbocycles. The van der Waals surface area contributed by atoms with Gasteiger partial charge in [0, 0.05) is 6.42 Å². The standard InChI is InChI=1S/C42H80NO7P/c1-6-8-10-12-14-16-18-20-22-23-25-27-29-31-33-35-42(44)50-41(40-49-51(45,46)48-38-36-43(3,4)5)39-47-37-34-32-30-28-26-24-21-19-17-15-13-11-9-7-2/h14,16,20,22,34,37,41H,6-13,15,17-19,21,23-33,35-36,38-40H2,1-5H3/p+1/t41-/m1/s1. The van der Waals surface area contributed by atoms with Gasteiger partial charge < -0.3 is 18.9 Å². The highest BCUT2D eigenvalue weighted by atomic mass is 31.2. The van der Waals surface area contributed by atoms with Crippen LogP contribution in [0.2, 0.25) is 0 Å². The van der Waals surface area contributed by atoms with E-state index in [9.17, 15) is 14.3 Å². The highest BCUT2D eigenvalue weighted by Gasteiger charge is 2.26. The van der Waals surface area contributed by atoms with Crippen molar-refractivity contribution >= 4 is 13.8 Å². The molecule has 2 atom stereocenters. The summed E-state index contributed by atoms with van der Waals surface area (Å²) in [6.07, 6.45) is 41.2. The molecule has 0 rings (SSSR count). The number of carbonyl (C=O) groups is 1. The van der Waals surface area contributed by atoms with Crippen LogP contribution in [0.1, 0.15) is 174 Å². The van der Waals surface area contributed by atoms with Crippen molar-refractivity contribution in [2.45, 2.75) is 180 Å². The Morgan fingerprint density at radius 3 is 1.65 bits per heavy atom. The summed E-state index contributed by atoms with van der Waals surface area (Å²) >= 11 is 0. The lowest BCUT2D eigenvalue weighted by molar-refractivity contribution is -0.870. The van der Waals surface area contributed by atoms with Crippen LogP contribution < -0.4 is 0 Å². The maximum Gasteiger partial charge on any atom is 0.472 e. The molecule has 0 radical (unpaired) electrons. The number of ether oxygens (including phenoxy) is 2. The third-order valence-electron chi connectivity index (χ3n) is 8.77. The minimum absolute atomic E-state index is 0.0434. The van der Waals surface area contributed by atoms with E-state index in [1.165, 1.54) is 96.3 Å². The van der Waals surface area contributed by atoms with Gasteiger partial charge in [0.15, 0.2) is 6.10 Å². The topological polar surface area (TPSA) is 91.3 Å². The molecule has 8 nitrogen and oxygen atoms in total. The van der Waals surface area contributed by atoms with Gasteiger partial charge in [0.2, 0.25) is 0 Å². The Morgan fingerprint density at radius 1 is 0.627 bits per heavy atom. The first-order valence-electron chi connectivity index (χ1n) is 20.8. The Hall–Kier alpha value is -1.44. The number of nitrogens with zero attached hydrogens (tertiary/aromatic N) is 1. The number of esters is 1.